The van der Waals surface area contributed by atoms with Crippen molar-refractivity contribution in [1.29, 1.82) is 0 Å². The van der Waals surface area contributed by atoms with E-state index in [0.717, 1.165) is 12.3 Å². The lowest BCUT2D eigenvalue weighted by Gasteiger charge is -1.94. The molecule has 0 rings (SSSR count). The van der Waals surface area contributed by atoms with Crippen LogP contribution in [0.4, 0.5) is 0 Å². The van der Waals surface area contributed by atoms with Crippen molar-refractivity contribution < 1.29 is 0 Å². The Morgan fingerprint density at radius 3 is 2.44 bits per heavy atom. The van der Waals surface area contributed by atoms with Gasteiger partial charge in [0.25, 0.3) is 0 Å². The second kappa shape index (κ2) is 5.61. The molecule has 0 fully saturated rings. The average Bonchev–Trinajstić information content (AvgIpc) is 1.80. The largest absolute Gasteiger partial charge is 0.0843 e. The highest BCUT2D eigenvalue weighted by atomic mass is 13.9. The van der Waals surface area contributed by atoms with Crippen LogP contribution in [0.5, 0.6) is 0 Å². The molecule has 0 heteroatoms. The molecule has 0 bridgehead atoms. The summed E-state index contributed by atoms with van der Waals surface area (Å²) in [5, 5.41) is 0. The zero-order valence-electron chi connectivity index (χ0n) is 6.30. The Morgan fingerprint density at radius 2 is 2.00 bits per heavy atom. The van der Waals surface area contributed by atoms with Gasteiger partial charge in [-0.05, 0) is 19.3 Å². The van der Waals surface area contributed by atoms with Crippen LogP contribution in [-0.4, -0.2) is 0 Å². The molecule has 51 valence electrons. The fourth-order valence-corrected chi connectivity index (χ4v) is 0.508. The highest BCUT2D eigenvalue weighted by Gasteiger charge is 1.84. The van der Waals surface area contributed by atoms with Crippen LogP contribution in [0.25, 0.3) is 0 Å². The molecule has 0 atom stereocenters. The molecule has 0 saturated carbocycles. The van der Waals surface area contributed by atoms with Crippen molar-refractivity contribution in [3.8, 4) is 0 Å². The van der Waals surface area contributed by atoms with Crippen molar-refractivity contribution in [1.82, 2.24) is 0 Å². The summed E-state index contributed by atoms with van der Waals surface area (Å²) in [6.07, 6.45) is 9.09. The molecular weight excluding hydrogens is 108 g/mol. The minimum Gasteiger partial charge on any atom is -0.0843 e. The van der Waals surface area contributed by atoms with Gasteiger partial charge in [-0.3, -0.25) is 0 Å². The van der Waals surface area contributed by atoms with Crippen molar-refractivity contribution in [3.05, 3.63) is 31.2 Å². The van der Waals surface area contributed by atoms with E-state index < -0.39 is 0 Å². The van der Waals surface area contributed by atoms with Crippen LogP contribution in [0.15, 0.2) is 24.3 Å². The van der Waals surface area contributed by atoms with Gasteiger partial charge in [0, 0.05) is 0 Å². The number of allylic oxidation sites excluding steroid dienone is 4. The molecule has 0 aliphatic heterocycles. The van der Waals surface area contributed by atoms with Gasteiger partial charge < -0.3 is 0 Å². The maximum atomic E-state index is 3.57. The van der Waals surface area contributed by atoms with Crippen molar-refractivity contribution >= 4 is 0 Å². The van der Waals surface area contributed by atoms with Crippen LogP contribution in [0, 0.1) is 12.8 Å². The van der Waals surface area contributed by atoms with E-state index in [1.807, 2.05) is 12.2 Å². The van der Waals surface area contributed by atoms with Crippen molar-refractivity contribution in [2.45, 2.75) is 20.3 Å². The predicted octanol–water partition coefficient (Wildman–Crippen LogP) is 2.98. The molecule has 0 unspecified atom stereocenters. The molecule has 0 heterocycles. The first-order valence-corrected chi connectivity index (χ1v) is 3.38. The monoisotopic (exact) mass is 123 g/mol. The Morgan fingerprint density at radius 1 is 1.33 bits per heavy atom. The quantitative estimate of drug-likeness (QED) is 0.506. The Balaban J connectivity index is 3.25. The highest BCUT2D eigenvalue weighted by molar-refractivity contribution is 5.03. The van der Waals surface area contributed by atoms with Gasteiger partial charge in [0.15, 0.2) is 0 Å². The minimum absolute atomic E-state index is 0.763. The first-order valence-electron chi connectivity index (χ1n) is 3.38. The smallest absolute Gasteiger partial charge is 0.0313 e. The zero-order valence-corrected chi connectivity index (χ0v) is 6.30. The normalized spacial score (nSPS) is 12.4. The molecule has 0 saturated heterocycles. The molecule has 0 aliphatic carbocycles. The van der Waals surface area contributed by atoms with Crippen LogP contribution < -0.4 is 0 Å². The third kappa shape index (κ3) is 7.48. The van der Waals surface area contributed by atoms with Gasteiger partial charge in [-0.15, -0.1) is 0 Å². The maximum Gasteiger partial charge on any atom is -0.0313 e. The molecule has 0 aromatic rings. The molecule has 0 aromatic heterocycles. The third-order valence-corrected chi connectivity index (χ3v) is 0.991. The first-order chi connectivity index (χ1) is 4.27. The van der Waals surface area contributed by atoms with E-state index in [1.54, 1.807) is 6.08 Å². The third-order valence-electron chi connectivity index (χ3n) is 0.991. The van der Waals surface area contributed by atoms with Crippen LogP contribution in [-0.2, 0) is 0 Å². The number of hydrogen-bond acceptors (Lipinski definition) is 0. The fraction of sp³-hybridized carbons (Fsp3) is 0.444. The molecule has 0 aliphatic rings. The Bertz CT molecular complexity index is 96.6. The molecular formula is C9H15. The fourth-order valence-electron chi connectivity index (χ4n) is 0.508. The summed E-state index contributed by atoms with van der Waals surface area (Å²) in [4.78, 5) is 0. The van der Waals surface area contributed by atoms with Crippen LogP contribution >= 0.6 is 0 Å². The van der Waals surface area contributed by atoms with Crippen LogP contribution in [0.1, 0.15) is 20.3 Å². The first kappa shape index (κ1) is 8.48. The summed E-state index contributed by atoms with van der Waals surface area (Å²) >= 11 is 0. The van der Waals surface area contributed by atoms with Gasteiger partial charge in [-0.2, -0.15) is 0 Å². The van der Waals surface area contributed by atoms with E-state index in [4.69, 9.17) is 0 Å². The number of rotatable bonds is 3. The molecule has 0 nitrogen and oxygen atoms in total. The topological polar surface area (TPSA) is 0 Å². The maximum absolute atomic E-state index is 3.57. The summed E-state index contributed by atoms with van der Waals surface area (Å²) in [5.74, 6) is 0.763. The van der Waals surface area contributed by atoms with Crippen molar-refractivity contribution in [2.75, 3.05) is 0 Å². The molecule has 1 radical (unpaired) electrons. The van der Waals surface area contributed by atoms with Crippen LogP contribution in [0.2, 0.25) is 0 Å². The summed E-state index contributed by atoms with van der Waals surface area (Å²) in [5.41, 5.74) is 0. The standard InChI is InChI=1S/C9H15/c1-4-5-6-7-8-9(2)3/h4-7,9H,1,8H2,2-3H3/b5-4+,7-6+. The van der Waals surface area contributed by atoms with Gasteiger partial charge in [0.05, 0.1) is 0 Å². The number of hydrogen-bond donors (Lipinski definition) is 0. The second-order valence-corrected chi connectivity index (χ2v) is 2.49. The second-order valence-electron chi connectivity index (χ2n) is 2.49. The van der Waals surface area contributed by atoms with Gasteiger partial charge in [0.1, 0.15) is 0 Å². The lowest BCUT2D eigenvalue weighted by molar-refractivity contribution is 0.664. The van der Waals surface area contributed by atoms with E-state index in [1.165, 1.54) is 0 Å². The molecule has 0 aromatic carbocycles. The highest BCUT2D eigenvalue weighted by Crippen LogP contribution is 1.99. The lowest BCUT2D eigenvalue weighted by Crippen LogP contribution is -1.80. The van der Waals surface area contributed by atoms with E-state index in [0.29, 0.717) is 0 Å². The van der Waals surface area contributed by atoms with E-state index >= 15 is 0 Å². The SMILES string of the molecule is [CH2]/C=C/C=C/CC(C)C. The predicted molar refractivity (Wildman–Crippen MR) is 43.1 cm³/mol. The summed E-state index contributed by atoms with van der Waals surface area (Å²) in [6.45, 7) is 7.98. The molecule has 0 N–H and O–H groups in total. The van der Waals surface area contributed by atoms with Crippen LogP contribution in [0.3, 0.4) is 0 Å². The van der Waals surface area contributed by atoms with Crippen molar-refractivity contribution in [2.24, 2.45) is 5.92 Å². The minimum atomic E-state index is 0.763. The van der Waals surface area contributed by atoms with Gasteiger partial charge in [0.2, 0.25) is 0 Å². The van der Waals surface area contributed by atoms with Gasteiger partial charge in [-0.25, -0.2) is 0 Å². The van der Waals surface area contributed by atoms with Crippen molar-refractivity contribution in [3.63, 3.8) is 0 Å². The Labute approximate surface area is 58.3 Å². The summed E-state index contributed by atoms with van der Waals surface area (Å²) in [7, 11) is 0. The Kier molecular flexibility index (Phi) is 5.29. The van der Waals surface area contributed by atoms with E-state index in [2.05, 4.69) is 26.8 Å². The van der Waals surface area contributed by atoms with E-state index in [-0.39, 0.29) is 0 Å². The molecule has 0 spiro atoms. The summed E-state index contributed by atoms with van der Waals surface area (Å²) in [6, 6.07) is 0. The molecule has 9 heavy (non-hydrogen) atoms. The summed E-state index contributed by atoms with van der Waals surface area (Å²) < 4.78 is 0. The Hall–Kier alpha value is -0.520. The molecule has 0 amide bonds. The lowest BCUT2D eigenvalue weighted by atomic mass is 10.1. The zero-order chi connectivity index (χ0) is 7.11. The average molecular weight is 123 g/mol. The van der Waals surface area contributed by atoms with Gasteiger partial charge in [-0.1, -0.05) is 38.2 Å². The van der Waals surface area contributed by atoms with Gasteiger partial charge >= 0.3 is 0 Å². The van der Waals surface area contributed by atoms with E-state index in [9.17, 15) is 0 Å².